The lowest BCUT2D eigenvalue weighted by Gasteiger charge is -2.60. The molecule has 0 saturated heterocycles. The maximum Gasteiger partial charge on any atom is 0.139 e. The first-order valence-corrected chi connectivity index (χ1v) is 9.99. The zero-order valence-electron chi connectivity index (χ0n) is 15.4. The lowest BCUT2D eigenvalue weighted by atomic mass is 9.44. The number of aliphatic hydroxyl groups is 1. The highest BCUT2D eigenvalue weighted by atomic mass is 16.3. The van der Waals surface area contributed by atoms with Gasteiger partial charge in [-0.15, -0.1) is 0 Å². The SMILES string of the molecule is CC(=O)C1CC(=O)[C@@]2(C)CC[C@H]3[C@@H](CC[C@H]4C[C@H](O)CC[C@@]43C)[C@H]12. The molecule has 0 aliphatic heterocycles. The quantitative estimate of drug-likeness (QED) is 0.795. The molecule has 0 spiro atoms. The molecule has 0 amide bonds. The van der Waals surface area contributed by atoms with E-state index in [0.717, 1.165) is 38.5 Å². The van der Waals surface area contributed by atoms with Crippen LogP contribution in [0.2, 0.25) is 0 Å². The average Bonchev–Trinajstić information content (AvgIpc) is 2.80. The number of ketones is 2. The van der Waals surface area contributed by atoms with Crippen molar-refractivity contribution >= 4 is 11.6 Å². The summed E-state index contributed by atoms with van der Waals surface area (Å²) < 4.78 is 0. The minimum Gasteiger partial charge on any atom is -0.393 e. The molecule has 1 unspecified atom stereocenters. The second-order valence-electron chi connectivity index (χ2n) is 9.81. The molecule has 4 fully saturated rings. The summed E-state index contributed by atoms with van der Waals surface area (Å²) in [6.07, 6.45) is 7.77. The number of carbonyl (C=O) groups excluding carboxylic acids is 2. The molecule has 3 nitrogen and oxygen atoms in total. The van der Waals surface area contributed by atoms with Gasteiger partial charge in [0.15, 0.2) is 0 Å². The highest BCUT2D eigenvalue weighted by Gasteiger charge is 2.63. The van der Waals surface area contributed by atoms with E-state index in [0.29, 0.717) is 35.4 Å². The van der Waals surface area contributed by atoms with Crippen molar-refractivity contribution in [3.8, 4) is 0 Å². The minimum absolute atomic E-state index is 0.0374. The van der Waals surface area contributed by atoms with Crippen LogP contribution < -0.4 is 0 Å². The molecule has 0 heterocycles. The molecular weight excluding hydrogens is 300 g/mol. The Morgan fingerprint density at radius 2 is 1.88 bits per heavy atom. The zero-order chi connectivity index (χ0) is 17.3. The van der Waals surface area contributed by atoms with E-state index in [4.69, 9.17) is 0 Å². The van der Waals surface area contributed by atoms with E-state index in [1.54, 1.807) is 6.92 Å². The number of carbonyl (C=O) groups is 2. The normalized spacial score (nSPS) is 53.9. The highest BCUT2D eigenvalue weighted by molar-refractivity contribution is 5.94. The van der Waals surface area contributed by atoms with Crippen molar-refractivity contribution in [1.29, 1.82) is 0 Å². The topological polar surface area (TPSA) is 54.4 Å². The van der Waals surface area contributed by atoms with Crippen molar-refractivity contribution < 1.29 is 14.7 Å². The van der Waals surface area contributed by atoms with Crippen LogP contribution in [-0.4, -0.2) is 22.8 Å². The van der Waals surface area contributed by atoms with E-state index in [9.17, 15) is 14.7 Å². The summed E-state index contributed by atoms with van der Waals surface area (Å²) >= 11 is 0. The molecule has 4 aliphatic rings. The Balaban J connectivity index is 1.69. The smallest absolute Gasteiger partial charge is 0.139 e. The van der Waals surface area contributed by atoms with E-state index >= 15 is 0 Å². The van der Waals surface area contributed by atoms with Gasteiger partial charge in [0.1, 0.15) is 11.6 Å². The largest absolute Gasteiger partial charge is 0.393 e. The molecule has 0 aromatic rings. The van der Waals surface area contributed by atoms with Crippen molar-refractivity contribution in [2.45, 2.75) is 78.2 Å². The molecule has 4 rings (SSSR count). The van der Waals surface area contributed by atoms with Gasteiger partial charge >= 0.3 is 0 Å². The van der Waals surface area contributed by atoms with Gasteiger partial charge in [-0.05, 0) is 81.0 Å². The summed E-state index contributed by atoms with van der Waals surface area (Å²) in [4.78, 5) is 25.0. The van der Waals surface area contributed by atoms with Gasteiger partial charge in [-0.1, -0.05) is 13.8 Å². The van der Waals surface area contributed by atoms with Crippen molar-refractivity contribution in [2.75, 3.05) is 0 Å². The average molecular weight is 332 g/mol. The van der Waals surface area contributed by atoms with Crippen LogP contribution in [0.4, 0.5) is 0 Å². The van der Waals surface area contributed by atoms with Gasteiger partial charge in [0.05, 0.1) is 6.10 Å². The van der Waals surface area contributed by atoms with Crippen LogP contribution in [0.1, 0.15) is 72.1 Å². The first kappa shape index (κ1) is 16.8. The Morgan fingerprint density at radius 1 is 1.12 bits per heavy atom. The van der Waals surface area contributed by atoms with Gasteiger partial charge in [-0.2, -0.15) is 0 Å². The van der Waals surface area contributed by atoms with Gasteiger partial charge in [-0.25, -0.2) is 0 Å². The second-order valence-corrected chi connectivity index (χ2v) is 9.81. The fraction of sp³-hybridized carbons (Fsp3) is 0.905. The lowest BCUT2D eigenvalue weighted by molar-refractivity contribution is -0.147. The molecule has 4 aliphatic carbocycles. The zero-order valence-corrected chi connectivity index (χ0v) is 15.4. The summed E-state index contributed by atoms with van der Waals surface area (Å²) in [5.41, 5.74) is 0.0470. The molecule has 0 radical (unpaired) electrons. The fourth-order valence-corrected chi connectivity index (χ4v) is 7.51. The number of rotatable bonds is 1. The lowest BCUT2D eigenvalue weighted by Crippen LogP contribution is -2.55. The number of Topliss-reactive ketones (excluding diaryl/α,β-unsaturated/α-hetero) is 2. The first-order valence-electron chi connectivity index (χ1n) is 9.99. The summed E-state index contributed by atoms with van der Waals surface area (Å²) in [5, 5.41) is 10.1. The van der Waals surface area contributed by atoms with Crippen molar-refractivity contribution in [2.24, 2.45) is 40.4 Å². The van der Waals surface area contributed by atoms with Crippen LogP contribution in [-0.2, 0) is 9.59 Å². The first-order chi connectivity index (χ1) is 11.3. The Hall–Kier alpha value is -0.700. The van der Waals surface area contributed by atoms with Gasteiger partial charge < -0.3 is 5.11 Å². The Kier molecular flexibility index (Phi) is 3.77. The summed E-state index contributed by atoms with van der Waals surface area (Å²) in [6, 6.07) is 0. The summed E-state index contributed by atoms with van der Waals surface area (Å²) in [7, 11) is 0. The van der Waals surface area contributed by atoms with Gasteiger partial charge in [-0.3, -0.25) is 9.59 Å². The van der Waals surface area contributed by atoms with Crippen LogP contribution in [0, 0.1) is 40.4 Å². The van der Waals surface area contributed by atoms with E-state index < -0.39 is 0 Å². The standard InChI is InChI=1S/C21H32O3/c1-12(22)16-11-18(24)21(3)9-7-17-15(19(16)21)5-4-13-10-14(23)6-8-20(13,17)2/h13-17,19,23H,4-11H2,1-3H3/t13-,14+,15+,16?,17-,19+,20-,21+/m0/s1. The third-order valence-corrected chi connectivity index (χ3v) is 8.89. The maximum absolute atomic E-state index is 12.7. The van der Waals surface area contributed by atoms with Crippen molar-refractivity contribution in [3.05, 3.63) is 0 Å². The van der Waals surface area contributed by atoms with E-state index in [1.807, 2.05) is 0 Å². The van der Waals surface area contributed by atoms with Gasteiger partial charge in [0, 0.05) is 17.8 Å². The number of fused-ring (bicyclic) bond motifs is 5. The highest BCUT2D eigenvalue weighted by Crippen LogP contribution is 2.66. The Morgan fingerprint density at radius 3 is 2.58 bits per heavy atom. The number of hydrogen-bond donors (Lipinski definition) is 1. The maximum atomic E-state index is 12.7. The van der Waals surface area contributed by atoms with Crippen LogP contribution in [0.15, 0.2) is 0 Å². The molecule has 3 heteroatoms. The minimum atomic E-state index is -0.255. The molecule has 0 bridgehead atoms. The molecule has 0 aromatic heterocycles. The molecule has 0 aromatic carbocycles. The predicted molar refractivity (Wildman–Crippen MR) is 92.3 cm³/mol. The third-order valence-electron chi connectivity index (χ3n) is 8.89. The molecule has 24 heavy (non-hydrogen) atoms. The molecule has 134 valence electrons. The molecule has 8 atom stereocenters. The predicted octanol–water partition coefficient (Wildman–Crippen LogP) is 3.77. The monoisotopic (exact) mass is 332 g/mol. The van der Waals surface area contributed by atoms with Crippen LogP contribution in [0.25, 0.3) is 0 Å². The number of aliphatic hydroxyl groups excluding tert-OH is 1. The Bertz CT molecular complexity index is 569. The van der Waals surface area contributed by atoms with E-state index in [2.05, 4.69) is 13.8 Å². The third kappa shape index (κ3) is 2.12. The van der Waals surface area contributed by atoms with E-state index in [1.165, 1.54) is 6.42 Å². The van der Waals surface area contributed by atoms with Crippen LogP contribution >= 0.6 is 0 Å². The van der Waals surface area contributed by atoms with Gasteiger partial charge in [0.25, 0.3) is 0 Å². The van der Waals surface area contributed by atoms with Gasteiger partial charge in [0.2, 0.25) is 0 Å². The molecule has 1 N–H and O–H groups in total. The second kappa shape index (κ2) is 5.40. The summed E-state index contributed by atoms with van der Waals surface area (Å²) in [6.45, 7) is 6.29. The van der Waals surface area contributed by atoms with Crippen molar-refractivity contribution in [1.82, 2.24) is 0 Å². The van der Waals surface area contributed by atoms with Crippen LogP contribution in [0.5, 0.6) is 0 Å². The summed E-state index contributed by atoms with van der Waals surface area (Å²) in [5.74, 6) is 2.59. The Labute approximate surface area is 145 Å². The number of hydrogen-bond acceptors (Lipinski definition) is 3. The van der Waals surface area contributed by atoms with Crippen LogP contribution in [0.3, 0.4) is 0 Å². The fourth-order valence-electron chi connectivity index (χ4n) is 7.51. The van der Waals surface area contributed by atoms with E-state index in [-0.39, 0.29) is 29.1 Å². The molecular formula is C21H32O3. The van der Waals surface area contributed by atoms with Crippen molar-refractivity contribution in [3.63, 3.8) is 0 Å². The molecule has 4 saturated carbocycles.